The van der Waals surface area contributed by atoms with Crippen LogP contribution in [0.2, 0.25) is 0 Å². The lowest BCUT2D eigenvalue weighted by atomic mass is 10.1. The Labute approximate surface area is 153 Å². The highest BCUT2D eigenvalue weighted by Gasteiger charge is 2.05. The van der Waals surface area contributed by atoms with Gasteiger partial charge in [0.1, 0.15) is 0 Å². The molecule has 25 heavy (non-hydrogen) atoms. The molecule has 0 aromatic heterocycles. The summed E-state index contributed by atoms with van der Waals surface area (Å²) in [5.74, 6) is 0.635. The predicted octanol–water partition coefficient (Wildman–Crippen LogP) is 5.33. The monoisotopic (exact) mass is 349 g/mol. The summed E-state index contributed by atoms with van der Waals surface area (Å²) in [6.07, 6.45) is 13.3. The van der Waals surface area contributed by atoms with Crippen LogP contribution in [0.4, 0.5) is 0 Å². The van der Waals surface area contributed by atoms with Crippen LogP contribution in [0.25, 0.3) is 0 Å². The van der Waals surface area contributed by atoms with Crippen molar-refractivity contribution in [1.82, 2.24) is 5.32 Å². The van der Waals surface area contributed by atoms with E-state index in [4.69, 9.17) is 4.74 Å². The van der Waals surface area contributed by atoms with Crippen molar-refractivity contribution in [1.29, 1.82) is 0 Å². The Morgan fingerprint density at radius 1 is 1.00 bits per heavy atom. The molecule has 0 atom stereocenters. The molecule has 1 aromatic rings. The molecule has 0 fully saturated rings. The second-order valence-corrected chi connectivity index (χ2v) is 6.71. The molecule has 2 N–H and O–H groups in total. The SMILES string of the molecule is CCCCCCCCCCCCC(=O)NCc1ccc(O)c(OC)c1. The van der Waals surface area contributed by atoms with Crippen molar-refractivity contribution >= 4 is 5.91 Å². The fraction of sp³-hybridized carbons (Fsp3) is 0.667. The van der Waals surface area contributed by atoms with Gasteiger partial charge in [-0.15, -0.1) is 0 Å². The van der Waals surface area contributed by atoms with E-state index < -0.39 is 0 Å². The number of hydrogen-bond donors (Lipinski definition) is 2. The number of carbonyl (C=O) groups excluding carboxylic acids is 1. The van der Waals surface area contributed by atoms with Crippen LogP contribution in [0.3, 0.4) is 0 Å². The smallest absolute Gasteiger partial charge is 0.220 e. The minimum atomic E-state index is 0.0895. The topological polar surface area (TPSA) is 58.6 Å². The van der Waals surface area contributed by atoms with Gasteiger partial charge in [0.25, 0.3) is 0 Å². The first-order valence-electron chi connectivity index (χ1n) is 9.80. The molecular formula is C21H35NO3. The van der Waals surface area contributed by atoms with Gasteiger partial charge in [0.05, 0.1) is 7.11 Å². The Balaban J connectivity index is 2.02. The first-order valence-corrected chi connectivity index (χ1v) is 9.80. The van der Waals surface area contributed by atoms with Gasteiger partial charge >= 0.3 is 0 Å². The van der Waals surface area contributed by atoms with Gasteiger partial charge in [-0.1, -0.05) is 70.8 Å². The molecule has 0 spiro atoms. The standard InChI is InChI=1S/C21H35NO3/c1-3-4-5-6-7-8-9-10-11-12-13-21(24)22-17-18-14-15-19(23)20(16-18)25-2/h14-16,23H,3-13,17H2,1-2H3,(H,22,24). The first kappa shape index (κ1) is 21.3. The number of hydrogen-bond acceptors (Lipinski definition) is 3. The van der Waals surface area contributed by atoms with Crippen LogP contribution in [0.1, 0.15) is 83.1 Å². The number of benzene rings is 1. The first-order chi connectivity index (χ1) is 12.2. The van der Waals surface area contributed by atoms with E-state index in [1.165, 1.54) is 58.5 Å². The zero-order valence-electron chi connectivity index (χ0n) is 16.0. The number of nitrogens with one attached hydrogen (secondary N) is 1. The number of unbranched alkanes of at least 4 members (excludes halogenated alkanes) is 9. The molecule has 0 heterocycles. The number of rotatable bonds is 14. The predicted molar refractivity (Wildman–Crippen MR) is 103 cm³/mol. The van der Waals surface area contributed by atoms with Gasteiger partial charge in [-0.3, -0.25) is 4.79 Å². The van der Waals surface area contributed by atoms with Gasteiger partial charge < -0.3 is 15.2 Å². The van der Waals surface area contributed by atoms with Crippen LogP contribution in [0.15, 0.2) is 18.2 Å². The highest BCUT2D eigenvalue weighted by molar-refractivity contribution is 5.75. The van der Waals surface area contributed by atoms with E-state index in [1.807, 2.05) is 0 Å². The van der Waals surface area contributed by atoms with Gasteiger partial charge in [-0.2, -0.15) is 0 Å². The fourth-order valence-electron chi connectivity index (χ4n) is 2.89. The van der Waals surface area contributed by atoms with Crippen LogP contribution >= 0.6 is 0 Å². The number of aromatic hydroxyl groups is 1. The quantitative estimate of drug-likeness (QED) is 0.446. The third kappa shape index (κ3) is 10.0. The Kier molecular flexibility index (Phi) is 11.6. The molecule has 0 saturated heterocycles. The lowest BCUT2D eigenvalue weighted by Gasteiger charge is -2.08. The average molecular weight is 350 g/mol. The summed E-state index contributed by atoms with van der Waals surface area (Å²) in [7, 11) is 1.52. The highest BCUT2D eigenvalue weighted by atomic mass is 16.5. The summed E-state index contributed by atoms with van der Waals surface area (Å²) in [4.78, 5) is 11.9. The van der Waals surface area contributed by atoms with Crippen LogP contribution in [-0.2, 0) is 11.3 Å². The van der Waals surface area contributed by atoms with E-state index in [1.54, 1.807) is 18.2 Å². The maximum Gasteiger partial charge on any atom is 0.220 e. The van der Waals surface area contributed by atoms with Crippen LogP contribution in [-0.4, -0.2) is 18.1 Å². The molecular weight excluding hydrogens is 314 g/mol. The molecule has 4 heteroatoms. The molecule has 1 aromatic carbocycles. The summed E-state index contributed by atoms with van der Waals surface area (Å²) in [6, 6.07) is 5.12. The second kappa shape index (κ2) is 13.6. The number of amides is 1. The van der Waals surface area contributed by atoms with Crippen molar-refractivity contribution in [3.8, 4) is 11.5 Å². The maximum absolute atomic E-state index is 11.9. The average Bonchev–Trinajstić information content (AvgIpc) is 2.62. The lowest BCUT2D eigenvalue weighted by molar-refractivity contribution is -0.121. The molecule has 1 rings (SSSR count). The van der Waals surface area contributed by atoms with E-state index in [2.05, 4.69) is 12.2 Å². The number of ether oxygens (including phenoxy) is 1. The highest BCUT2D eigenvalue weighted by Crippen LogP contribution is 2.26. The van der Waals surface area contributed by atoms with Crippen molar-refractivity contribution in [3.63, 3.8) is 0 Å². The fourth-order valence-corrected chi connectivity index (χ4v) is 2.89. The van der Waals surface area contributed by atoms with Crippen molar-refractivity contribution in [2.24, 2.45) is 0 Å². The number of methoxy groups -OCH3 is 1. The Hall–Kier alpha value is -1.71. The van der Waals surface area contributed by atoms with E-state index in [-0.39, 0.29) is 11.7 Å². The zero-order valence-corrected chi connectivity index (χ0v) is 16.0. The summed E-state index contributed by atoms with van der Waals surface area (Å²) >= 11 is 0. The zero-order chi connectivity index (χ0) is 18.3. The minimum Gasteiger partial charge on any atom is -0.504 e. The normalized spacial score (nSPS) is 10.6. The van der Waals surface area contributed by atoms with E-state index in [0.717, 1.165) is 18.4 Å². The van der Waals surface area contributed by atoms with E-state index in [0.29, 0.717) is 18.7 Å². The van der Waals surface area contributed by atoms with Crippen molar-refractivity contribution < 1.29 is 14.6 Å². The molecule has 142 valence electrons. The van der Waals surface area contributed by atoms with Crippen molar-refractivity contribution in [2.75, 3.05) is 7.11 Å². The van der Waals surface area contributed by atoms with Gasteiger partial charge in [-0.25, -0.2) is 0 Å². The molecule has 0 radical (unpaired) electrons. The van der Waals surface area contributed by atoms with Gasteiger partial charge in [0.2, 0.25) is 5.91 Å². The Morgan fingerprint density at radius 3 is 2.20 bits per heavy atom. The lowest BCUT2D eigenvalue weighted by Crippen LogP contribution is -2.22. The Morgan fingerprint density at radius 2 is 1.60 bits per heavy atom. The number of phenols is 1. The van der Waals surface area contributed by atoms with Crippen molar-refractivity contribution in [2.45, 2.75) is 84.1 Å². The largest absolute Gasteiger partial charge is 0.504 e. The van der Waals surface area contributed by atoms with Gasteiger partial charge in [0.15, 0.2) is 11.5 Å². The summed E-state index contributed by atoms with van der Waals surface area (Å²) in [6.45, 7) is 2.71. The third-order valence-electron chi connectivity index (χ3n) is 4.49. The maximum atomic E-state index is 11.9. The summed E-state index contributed by atoms with van der Waals surface area (Å²) < 4.78 is 5.07. The van der Waals surface area contributed by atoms with Crippen molar-refractivity contribution in [3.05, 3.63) is 23.8 Å². The molecule has 0 aliphatic rings. The molecule has 4 nitrogen and oxygen atoms in total. The molecule has 0 aliphatic carbocycles. The number of phenolic OH excluding ortho intramolecular Hbond substituents is 1. The van der Waals surface area contributed by atoms with E-state index >= 15 is 0 Å². The summed E-state index contributed by atoms with van der Waals surface area (Å²) in [5, 5.41) is 12.5. The van der Waals surface area contributed by atoms with Crippen LogP contribution < -0.4 is 10.1 Å². The minimum absolute atomic E-state index is 0.0895. The molecule has 0 bridgehead atoms. The van der Waals surface area contributed by atoms with Gasteiger partial charge in [-0.05, 0) is 24.1 Å². The van der Waals surface area contributed by atoms with Gasteiger partial charge in [0, 0.05) is 13.0 Å². The van der Waals surface area contributed by atoms with E-state index in [9.17, 15) is 9.90 Å². The second-order valence-electron chi connectivity index (χ2n) is 6.71. The molecule has 0 saturated carbocycles. The number of carbonyl (C=O) groups is 1. The third-order valence-corrected chi connectivity index (χ3v) is 4.49. The molecule has 0 unspecified atom stereocenters. The summed E-state index contributed by atoms with van der Waals surface area (Å²) in [5.41, 5.74) is 0.922. The van der Waals surface area contributed by atoms with Crippen LogP contribution in [0.5, 0.6) is 11.5 Å². The molecule has 1 amide bonds. The molecule has 0 aliphatic heterocycles. The van der Waals surface area contributed by atoms with Crippen LogP contribution in [0, 0.1) is 0 Å². The Bertz CT molecular complexity index is 488.